The molecular weight excluding hydrogens is 258 g/mol. The normalized spacial score (nSPS) is 14.1. The molecule has 0 unspecified atom stereocenters. The molecule has 1 heterocycles. The number of rotatable bonds is 5. The summed E-state index contributed by atoms with van der Waals surface area (Å²) in [4.78, 5) is 11.5. The second-order valence-electron chi connectivity index (χ2n) is 4.69. The van der Waals surface area contributed by atoms with Crippen molar-refractivity contribution < 1.29 is 13.9 Å². The monoisotopic (exact) mass is 273 g/mol. The Morgan fingerprint density at radius 3 is 2.95 bits per heavy atom. The molecule has 1 N–H and O–H groups in total. The van der Waals surface area contributed by atoms with Crippen LogP contribution in [0.1, 0.15) is 18.7 Å². The molecule has 1 aromatic heterocycles. The van der Waals surface area contributed by atoms with Crippen LogP contribution in [0.4, 0.5) is 0 Å². The summed E-state index contributed by atoms with van der Waals surface area (Å²) >= 11 is 0. The summed E-state index contributed by atoms with van der Waals surface area (Å²) in [5.41, 5.74) is 0.738. The highest BCUT2D eigenvalue weighted by Gasteiger charge is 2.29. The summed E-state index contributed by atoms with van der Waals surface area (Å²) in [6.07, 6.45) is 1.95. The van der Waals surface area contributed by atoms with Crippen molar-refractivity contribution in [2.75, 3.05) is 7.11 Å². The van der Waals surface area contributed by atoms with Gasteiger partial charge in [-0.3, -0.25) is 4.79 Å². The number of carbonyl (C=O) groups excluding carboxylic acids is 1. The van der Waals surface area contributed by atoms with Gasteiger partial charge in [-0.15, -0.1) is 10.2 Å². The second kappa shape index (κ2) is 5.32. The van der Waals surface area contributed by atoms with Gasteiger partial charge in [0.2, 0.25) is 11.8 Å². The number of aromatic nitrogens is 2. The lowest BCUT2D eigenvalue weighted by molar-refractivity contribution is -0.122. The average molecular weight is 273 g/mol. The van der Waals surface area contributed by atoms with Gasteiger partial charge in [0.05, 0.1) is 19.2 Å². The third kappa shape index (κ3) is 2.64. The first-order valence-electron chi connectivity index (χ1n) is 6.51. The first kappa shape index (κ1) is 12.7. The topological polar surface area (TPSA) is 77.3 Å². The highest BCUT2D eigenvalue weighted by molar-refractivity contribution is 5.80. The minimum atomic E-state index is 0.0574. The number of ether oxygens (including phenoxy) is 1. The van der Waals surface area contributed by atoms with Crippen molar-refractivity contribution in [2.24, 2.45) is 5.92 Å². The van der Waals surface area contributed by atoms with E-state index in [0.29, 0.717) is 17.5 Å². The maximum atomic E-state index is 11.5. The van der Waals surface area contributed by atoms with Gasteiger partial charge in [-0.2, -0.15) is 0 Å². The van der Waals surface area contributed by atoms with E-state index in [4.69, 9.17) is 9.15 Å². The third-order valence-corrected chi connectivity index (χ3v) is 3.17. The minimum absolute atomic E-state index is 0.0574. The molecule has 1 aliphatic rings. The van der Waals surface area contributed by atoms with Crippen molar-refractivity contribution in [2.45, 2.75) is 19.4 Å². The number of nitrogens with one attached hydrogen (secondary N) is 1. The van der Waals surface area contributed by atoms with Crippen LogP contribution in [-0.4, -0.2) is 23.2 Å². The number of amides is 1. The molecule has 20 heavy (non-hydrogen) atoms. The van der Waals surface area contributed by atoms with E-state index in [1.807, 2.05) is 24.3 Å². The number of para-hydroxylation sites is 1. The Morgan fingerprint density at radius 1 is 1.40 bits per heavy atom. The highest BCUT2D eigenvalue weighted by Crippen LogP contribution is 2.29. The first-order chi connectivity index (χ1) is 9.78. The zero-order chi connectivity index (χ0) is 13.9. The molecule has 1 aromatic carbocycles. The fourth-order valence-electron chi connectivity index (χ4n) is 1.91. The van der Waals surface area contributed by atoms with Gasteiger partial charge in [-0.1, -0.05) is 12.1 Å². The fraction of sp³-hybridized carbons (Fsp3) is 0.357. The van der Waals surface area contributed by atoms with Gasteiger partial charge in [0.15, 0.2) is 0 Å². The van der Waals surface area contributed by atoms with Crippen LogP contribution in [-0.2, 0) is 11.3 Å². The number of nitrogens with zero attached hydrogens (tertiary/aromatic N) is 2. The van der Waals surface area contributed by atoms with Gasteiger partial charge in [-0.05, 0) is 25.0 Å². The molecule has 1 amide bonds. The number of benzene rings is 1. The molecule has 1 saturated carbocycles. The van der Waals surface area contributed by atoms with E-state index in [1.165, 1.54) is 0 Å². The van der Waals surface area contributed by atoms with E-state index in [1.54, 1.807) is 7.11 Å². The van der Waals surface area contributed by atoms with Gasteiger partial charge in [0.1, 0.15) is 5.75 Å². The van der Waals surface area contributed by atoms with Crippen LogP contribution < -0.4 is 10.1 Å². The minimum Gasteiger partial charge on any atom is -0.496 e. The Morgan fingerprint density at radius 2 is 2.20 bits per heavy atom. The zero-order valence-electron chi connectivity index (χ0n) is 11.1. The van der Waals surface area contributed by atoms with Crippen LogP contribution in [0.3, 0.4) is 0 Å². The molecule has 0 saturated heterocycles. The van der Waals surface area contributed by atoms with E-state index in [0.717, 1.165) is 18.4 Å². The smallest absolute Gasteiger partial charge is 0.251 e. The van der Waals surface area contributed by atoms with E-state index in [2.05, 4.69) is 15.5 Å². The van der Waals surface area contributed by atoms with E-state index in [-0.39, 0.29) is 18.4 Å². The standard InChI is InChI=1S/C14H15N3O3/c1-19-11-5-3-2-4-10(11)14-17-16-12(20-14)8-15-13(18)9-6-7-9/h2-5,9H,6-8H2,1H3,(H,15,18). The predicted molar refractivity (Wildman–Crippen MR) is 70.9 cm³/mol. The average Bonchev–Trinajstić information content (AvgIpc) is 3.23. The van der Waals surface area contributed by atoms with Crippen LogP contribution in [0.5, 0.6) is 5.75 Å². The fourth-order valence-corrected chi connectivity index (χ4v) is 1.91. The maximum Gasteiger partial charge on any atom is 0.251 e. The van der Waals surface area contributed by atoms with Crippen LogP contribution >= 0.6 is 0 Å². The SMILES string of the molecule is COc1ccccc1-c1nnc(CNC(=O)C2CC2)o1. The first-order valence-corrected chi connectivity index (χ1v) is 6.51. The van der Waals surface area contributed by atoms with Crippen LogP contribution in [0, 0.1) is 5.92 Å². The van der Waals surface area contributed by atoms with Gasteiger partial charge >= 0.3 is 0 Å². The van der Waals surface area contributed by atoms with Gasteiger partial charge in [-0.25, -0.2) is 0 Å². The lowest BCUT2D eigenvalue weighted by Gasteiger charge is -2.03. The van der Waals surface area contributed by atoms with Crippen molar-refractivity contribution >= 4 is 5.91 Å². The van der Waals surface area contributed by atoms with E-state index >= 15 is 0 Å². The van der Waals surface area contributed by atoms with Gasteiger partial charge < -0.3 is 14.5 Å². The van der Waals surface area contributed by atoms with Crippen LogP contribution in [0.2, 0.25) is 0 Å². The number of hydrogen-bond donors (Lipinski definition) is 1. The molecular formula is C14H15N3O3. The second-order valence-corrected chi connectivity index (χ2v) is 4.69. The molecule has 0 spiro atoms. The Balaban J connectivity index is 1.71. The van der Waals surface area contributed by atoms with Gasteiger partial charge in [0, 0.05) is 5.92 Å². The van der Waals surface area contributed by atoms with E-state index in [9.17, 15) is 4.79 Å². The van der Waals surface area contributed by atoms with Crippen molar-refractivity contribution in [1.29, 1.82) is 0 Å². The number of hydrogen-bond acceptors (Lipinski definition) is 5. The lowest BCUT2D eigenvalue weighted by atomic mass is 10.2. The van der Waals surface area contributed by atoms with Crippen LogP contribution in [0.25, 0.3) is 11.5 Å². The molecule has 2 aromatic rings. The summed E-state index contributed by atoms with van der Waals surface area (Å²) in [6, 6.07) is 7.42. The summed E-state index contributed by atoms with van der Waals surface area (Å²) in [5, 5.41) is 10.7. The summed E-state index contributed by atoms with van der Waals surface area (Å²) in [6.45, 7) is 0.261. The molecule has 6 nitrogen and oxygen atoms in total. The van der Waals surface area contributed by atoms with Crippen LogP contribution in [0.15, 0.2) is 28.7 Å². The van der Waals surface area contributed by atoms with Crippen molar-refractivity contribution in [1.82, 2.24) is 15.5 Å². The summed E-state index contributed by atoms with van der Waals surface area (Å²) < 4.78 is 10.8. The number of carbonyl (C=O) groups is 1. The molecule has 0 aliphatic heterocycles. The molecule has 6 heteroatoms. The molecule has 1 aliphatic carbocycles. The predicted octanol–water partition coefficient (Wildman–Crippen LogP) is 1.77. The number of methoxy groups -OCH3 is 1. The maximum absolute atomic E-state index is 11.5. The Labute approximate surface area is 116 Å². The quantitative estimate of drug-likeness (QED) is 0.898. The largest absolute Gasteiger partial charge is 0.496 e. The molecule has 1 fully saturated rings. The summed E-state index contributed by atoms with van der Waals surface area (Å²) in [7, 11) is 1.59. The van der Waals surface area contributed by atoms with Crippen molar-refractivity contribution in [3.63, 3.8) is 0 Å². The van der Waals surface area contributed by atoms with Crippen molar-refractivity contribution in [3.05, 3.63) is 30.2 Å². The molecule has 0 radical (unpaired) electrons. The van der Waals surface area contributed by atoms with Gasteiger partial charge in [0.25, 0.3) is 5.89 Å². The third-order valence-electron chi connectivity index (χ3n) is 3.17. The molecule has 0 atom stereocenters. The Hall–Kier alpha value is -2.37. The molecule has 3 rings (SSSR count). The molecule has 104 valence electrons. The van der Waals surface area contributed by atoms with E-state index < -0.39 is 0 Å². The Kier molecular flexibility index (Phi) is 3.37. The summed E-state index contributed by atoms with van der Waals surface area (Å²) in [5.74, 6) is 1.68. The zero-order valence-corrected chi connectivity index (χ0v) is 11.1. The molecule has 0 bridgehead atoms. The highest BCUT2D eigenvalue weighted by atomic mass is 16.5. The van der Waals surface area contributed by atoms with Crippen molar-refractivity contribution in [3.8, 4) is 17.2 Å². The lowest BCUT2D eigenvalue weighted by Crippen LogP contribution is -2.24. The Bertz CT molecular complexity index is 620.